The van der Waals surface area contributed by atoms with Gasteiger partial charge in [-0.05, 0) is 24.8 Å². The zero-order chi connectivity index (χ0) is 20.8. The number of hydrogen-bond acceptors (Lipinski definition) is 5. The van der Waals surface area contributed by atoms with Crippen molar-refractivity contribution in [3.05, 3.63) is 47.0 Å². The van der Waals surface area contributed by atoms with Crippen LogP contribution in [0.1, 0.15) is 49.1 Å². The van der Waals surface area contributed by atoms with Crippen LogP contribution in [0.3, 0.4) is 0 Å². The average Bonchev–Trinajstić information content (AvgIpc) is 2.96. The Labute approximate surface area is 173 Å². The first-order valence-electron chi connectivity index (χ1n) is 10.4. The lowest BCUT2D eigenvalue weighted by Gasteiger charge is -2.22. The second-order valence-corrected chi connectivity index (χ2v) is 8.32. The summed E-state index contributed by atoms with van der Waals surface area (Å²) in [6.07, 6.45) is 1.68. The molecule has 29 heavy (non-hydrogen) atoms. The van der Waals surface area contributed by atoms with Crippen molar-refractivity contribution >= 4 is 5.91 Å². The summed E-state index contributed by atoms with van der Waals surface area (Å²) in [5, 5.41) is 12.0. The van der Waals surface area contributed by atoms with E-state index in [0.717, 1.165) is 50.7 Å². The molecular weight excluding hydrogens is 366 g/mol. The molecule has 1 N–H and O–H groups in total. The maximum absolute atomic E-state index is 12.1. The Balaban J connectivity index is 1.72. The van der Waals surface area contributed by atoms with E-state index < -0.39 is 0 Å². The summed E-state index contributed by atoms with van der Waals surface area (Å²) in [5.74, 6) is 2.17. The second-order valence-electron chi connectivity index (χ2n) is 8.32. The summed E-state index contributed by atoms with van der Waals surface area (Å²) >= 11 is 0. The first-order chi connectivity index (χ1) is 14.0. The number of rotatable bonds is 8. The zero-order valence-corrected chi connectivity index (χ0v) is 18.0. The Morgan fingerprint density at radius 2 is 2.07 bits per heavy atom. The van der Waals surface area contributed by atoms with Crippen molar-refractivity contribution in [2.24, 2.45) is 5.92 Å². The lowest BCUT2D eigenvalue weighted by molar-refractivity contribution is -0.125. The molecule has 2 aromatic rings. The van der Waals surface area contributed by atoms with E-state index in [4.69, 9.17) is 4.74 Å². The Morgan fingerprint density at radius 1 is 1.24 bits per heavy atom. The Bertz CT molecular complexity index is 817. The number of nitrogens with one attached hydrogen (secondary N) is 1. The summed E-state index contributed by atoms with van der Waals surface area (Å²) in [4.78, 5) is 14.6. The highest BCUT2D eigenvalue weighted by Crippen LogP contribution is 2.22. The van der Waals surface area contributed by atoms with Gasteiger partial charge >= 0.3 is 0 Å². The van der Waals surface area contributed by atoms with Gasteiger partial charge in [0.2, 0.25) is 5.91 Å². The number of hydrogen-bond donors (Lipinski definition) is 1. The maximum Gasteiger partial charge on any atom is 0.246 e. The number of aryl methyl sites for hydroxylation is 1. The van der Waals surface area contributed by atoms with Crippen molar-refractivity contribution in [3.63, 3.8) is 0 Å². The molecule has 1 aliphatic heterocycles. The quantitative estimate of drug-likeness (QED) is 0.738. The predicted octanol–water partition coefficient (Wildman–Crippen LogP) is 2.49. The molecular formula is C22H33N5O2. The van der Waals surface area contributed by atoms with Crippen molar-refractivity contribution in [3.8, 4) is 0 Å². The monoisotopic (exact) mass is 399 g/mol. The molecule has 158 valence electrons. The van der Waals surface area contributed by atoms with Crippen LogP contribution in [0, 0.1) is 12.8 Å². The Morgan fingerprint density at radius 3 is 2.79 bits per heavy atom. The molecule has 0 saturated heterocycles. The second kappa shape index (κ2) is 9.98. The van der Waals surface area contributed by atoms with Crippen molar-refractivity contribution < 1.29 is 9.53 Å². The molecule has 1 aromatic carbocycles. The van der Waals surface area contributed by atoms with Crippen molar-refractivity contribution in [2.75, 3.05) is 26.8 Å². The minimum atomic E-state index is -0.151. The summed E-state index contributed by atoms with van der Waals surface area (Å²) < 4.78 is 7.18. The highest BCUT2D eigenvalue weighted by atomic mass is 16.5. The third-order valence-corrected chi connectivity index (χ3v) is 5.27. The summed E-state index contributed by atoms with van der Waals surface area (Å²) in [5.41, 5.74) is 2.63. The maximum atomic E-state index is 12.1. The molecule has 7 nitrogen and oxygen atoms in total. The molecule has 0 saturated carbocycles. The van der Waals surface area contributed by atoms with Crippen LogP contribution in [0.4, 0.5) is 0 Å². The predicted molar refractivity (Wildman–Crippen MR) is 112 cm³/mol. The van der Waals surface area contributed by atoms with Gasteiger partial charge in [-0.3, -0.25) is 9.69 Å². The lowest BCUT2D eigenvalue weighted by Crippen LogP contribution is -2.34. The molecule has 0 aliphatic carbocycles. The third-order valence-electron chi connectivity index (χ3n) is 5.27. The van der Waals surface area contributed by atoms with Crippen LogP contribution in [0.15, 0.2) is 24.3 Å². The summed E-state index contributed by atoms with van der Waals surface area (Å²) in [6, 6.07) is 8.54. The van der Waals surface area contributed by atoms with E-state index in [2.05, 4.69) is 70.0 Å². The summed E-state index contributed by atoms with van der Waals surface area (Å²) in [7, 11) is 1.53. The number of carbonyl (C=O) groups is 1. The Kier molecular flexibility index (Phi) is 7.39. The van der Waals surface area contributed by atoms with Crippen molar-refractivity contribution in [1.29, 1.82) is 0 Å². The molecule has 2 heterocycles. The molecule has 0 spiro atoms. The van der Waals surface area contributed by atoms with E-state index in [1.807, 2.05) is 0 Å². The minimum absolute atomic E-state index is 0.0554. The van der Waals surface area contributed by atoms with Gasteiger partial charge in [0, 0.05) is 39.7 Å². The Hall–Kier alpha value is -2.25. The van der Waals surface area contributed by atoms with E-state index >= 15 is 0 Å². The number of aromatic nitrogens is 3. The standard InChI is InChI=1S/C22H33N5O2/c1-16(2)12-19(23-21(28)15-29-4)22-25-24-20-8-9-26(10-11-27(20)22)14-18-7-5-6-17(3)13-18/h5-7,13,16,19H,8-12,14-15H2,1-4H3,(H,23,28). The van der Waals surface area contributed by atoms with E-state index in [-0.39, 0.29) is 18.6 Å². The number of methoxy groups -OCH3 is 1. The van der Waals surface area contributed by atoms with Crippen LogP contribution in [-0.4, -0.2) is 52.4 Å². The fourth-order valence-corrected chi connectivity index (χ4v) is 3.94. The third kappa shape index (κ3) is 5.87. The highest BCUT2D eigenvalue weighted by molar-refractivity contribution is 5.77. The van der Waals surface area contributed by atoms with Crippen LogP contribution in [-0.2, 0) is 29.0 Å². The normalized spacial score (nSPS) is 15.8. The molecule has 7 heteroatoms. The number of nitrogens with zero attached hydrogens (tertiary/aromatic N) is 4. The van der Waals surface area contributed by atoms with Crippen LogP contribution in [0.2, 0.25) is 0 Å². The van der Waals surface area contributed by atoms with Gasteiger partial charge in [-0.15, -0.1) is 10.2 Å². The van der Waals surface area contributed by atoms with Gasteiger partial charge < -0.3 is 14.6 Å². The molecule has 0 bridgehead atoms. The van der Waals surface area contributed by atoms with E-state index in [1.165, 1.54) is 18.2 Å². The molecule has 1 atom stereocenters. The number of carbonyl (C=O) groups excluding carboxylic acids is 1. The highest BCUT2D eigenvalue weighted by Gasteiger charge is 2.26. The molecule has 1 aliphatic rings. The minimum Gasteiger partial charge on any atom is -0.375 e. The van der Waals surface area contributed by atoms with Gasteiger partial charge in [0.25, 0.3) is 0 Å². The number of fused-ring (bicyclic) bond motifs is 1. The summed E-state index contributed by atoms with van der Waals surface area (Å²) in [6.45, 7) is 10.2. The molecule has 3 rings (SSSR count). The lowest BCUT2D eigenvalue weighted by atomic mass is 10.0. The first-order valence-corrected chi connectivity index (χ1v) is 10.4. The molecule has 0 radical (unpaired) electrons. The van der Waals surface area contributed by atoms with Crippen LogP contribution >= 0.6 is 0 Å². The fraction of sp³-hybridized carbons (Fsp3) is 0.591. The topological polar surface area (TPSA) is 72.3 Å². The molecule has 0 fully saturated rings. The smallest absolute Gasteiger partial charge is 0.246 e. The van der Waals surface area contributed by atoms with Gasteiger partial charge in [-0.1, -0.05) is 43.7 Å². The van der Waals surface area contributed by atoms with Crippen LogP contribution in [0.25, 0.3) is 0 Å². The van der Waals surface area contributed by atoms with E-state index in [0.29, 0.717) is 5.92 Å². The zero-order valence-electron chi connectivity index (χ0n) is 18.0. The van der Waals surface area contributed by atoms with Crippen molar-refractivity contribution in [1.82, 2.24) is 25.0 Å². The van der Waals surface area contributed by atoms with Crippen molar-refractivity contribution in [2.45, 2.75) is 52.7 Å². The largest absolute Gasteiger partial charge is 0.375 e. The van der Waals surface area contributed by atoms with Crippen LogP contribution in [0.5, 0.6) is 0 Å². The average molecular weight is 400 g/mol. The molecule has 1 unspecified atom stereocenters. The fourth-order valence-electron chi connectivity index (χ4n) is 3.94. The van der Waals surface area contributed by atoms with E-state index in [1.54, 1.807) is 0 Å². The number of benzene rings is 1. The van der Waals surface area contributed by atoms with Gasteiger partial charge in [-0.25, -0.2) is 0 Å². The van der Waals surface area contributed by atoms with Crippen LogP contribution < -0.4 is 5.32 Å². The van der Waals surface area contributed by atoms with Gasteiger partial charge in [0.15, 0.2) is 5.82 Å². The number of ether oxygens (including phenoxy) is 1. The SMILES string of the molecule is COCC(=O)NC(CC(C)C)c1nnc2n1CCN(Cc1cccc(C)c1)CC2. The first kappa shape index (κ1) is 21.5. The molecule has 1 amide bonds. The van der Waals surface area contributed by atoms with Gasteiger partial charge in [0.1, 0.15) is 12.4 Å². The number of amides is 1. The van der Waals surface area contributed by atoms with Gasteiger partial charge in [-0.2, -0.15) is 0 Å². The van der Waals surface area contributed by atoms with E-state index in [9.17, 15) is 4.79 Å². The molecule has 1 aromatic heterocycles. The van der Waals surface area contributed by atoms with Gasteiger partial charge in [0.05, 0.1) is 6.04 Å².